The maximum absolute atomic E-state index is 11.6. The molecule has 0 aromatic heterocycles. The zero-order valence-corrected chi connectivity index (χ0v) is 11.1. The van der Waals surface area contributed by atoms with Crippen molar-refractivity contribution >= 4 is 5.91 Å². The number of amides is 1. The highest BCUT2D eigenvalue weighted by molar-refractivity contribution is 5.78. The number of rotatable bonds is 3. The fourth-order valence-corrected chi connectivity index (χ4v) is 2.54. The van der Waals surface area contributed by atoms with Crippen LogP contribution in [-0.4, -0.2) is 31.0 Å². The first-order valence-corrected chi connectivity index (χ1v) is 6.53. The molecular formula is C15H18N2O2. The predicted molar refractivity (Wildman–Crippen MR) is 71.8 cm³/mol. The molecule has 0 bridgehead atoms. The van der Waals surface area contributed by atoms with Gasteiger partial charge in [0.15, 0.2) is 0 Å². The van der Waals surface area contributed by atoms with Crippen LogP contribution in [0.1, 0.15) is 30.7 Å². The summed E-state index contributed by atoms with van der Waals surface area (Å²) in [4.78, 5) is 13.4. The average molecular weight is 258 g/mol. The lowest BCUT2D eigenvalue weighted by atomic mass is 9.89. The summed E-state index contributed by atoms with van der Waals surface area (Å²) in [6.45, 7) is 1.48. The van der Waals surface area contributed by atoms with E-state index in [2.05, 4.69) is 12.1 Å². The number of nitrogens with zero attached hydrogens (tertiary/aromatic N) is 2. The Labute approximate surface area is 113 Å². The van der Waals surface area contributed by atoms with Crippen LogP contribution in [0, 0.1) is 11.3 Å². The van der Waals surface area contributed by atoms with Gasteiger partial charge in [0, 0.05) is 13.1 Å². The maximum atomic E-state index is 11.6. The summed E-state index contributed by atoms with van der Waals surface area (Å²) in [6.07, 6.45) is 1.89. The van der Waals surface area contributed by atoms with E-state index in [0.717, 1.165) is 31.7 Å². The first-order chi connectivity index (χ1) is 9.24. The van der Waals surface area contributed by atoms with E-state index in [-0.39, 0.29) is 12.3 Å². The Morgan fingerprint density at radius 1 is 1.47 bits per heavy atom. The van der Waals surface area contributed by atoms with Gasteiger partial charge in [-0.2, -0.15) is 5.26 Å². The second-order valence-corrected chi connectivity index (χ2v) is 4.77. The highest BCUT2D eigenvalue weighted by atomic mass is 16.5. The molecule has 100 valence electrons. The number of piperidine rings is 1. The van der Waals surface area contributed by atoms with Crippen LogP contribution in [0.4, 0.5) is 0 Å². The van der Waals surface area contributed by atoms with Crippen molar-refractivity contribution in [2.45, 2.75) is 25.2 Å². The van der Waals surface area contributed by atoms with Gasteiger partial charge in [0.05, 0.1) is 13.2 Å². The van der Waals surface area contributed by atoms with E-state index in [0.29, 0.717) is 5.92 Å². The van der Waals surface area contributed by atoms with Crippen molar-refractivity contribution in [1.82, 2.24) is 4.90 Å². The van der Waals surface area contributed by atoms with Crippen LogP contribution in [0.25, 0.3) is 0 Å². The van der Waals surface area contributed by atoms with Crippen molar-refractivity contribution in [2.24, 2.45) is 0 Å². The predicted octanol–water partition coefficient (Wildman–Crippen LogP) is 2.31. The summed E-state index contributed by atoms with van der Waals surface area (Å²) in [6, 6.07) is 10.0. The summed E-state index contributed by atoms with van der Waals surface area (Å²) < 4.78 is 5.24. The Balaban J connectivity index is 1.96. The van der Waals surface area contributed by atoms with Gasteiger partial charge in [-0.15, -0.1) is 0 Å². The number of carbonyl (C=O) groups is 1. The van der Waals surface area contributed by atoms with Crippen LogP contribution < -0.4 is 4.74 Å². The van der Waals surface area contributed by atoms with Crippen LogP contribution in [0.5, 0.6) is 5.75 Å². The zero-order chi connectivity index (χ0) is 13.7. The van der Waals surface area contributed by atoms with Crippen molar-refractivity contribution in [1.29, 1.82) is 5.26 Å². The standard InChI is InChI=1S/C15H18N2O2/c1-19-14-4-2-3-13(11-14)12-6-9-17(10-7-12)15(18)5-8-16/h2-4,11-12H,5-7,9-10H2,1H3. The number of ether oxygens (including phenoxy) is 1. The molecule has 4 nitrogen and oxygen atoms in total. The third-order valence-corrected chi connectivity index (χ3v) is 3.64. The highest BCUT2D eigenvalue weighted by Gasteiger charge is 2.23. The molecule has 1 aromatic carbocycles. The highest BCUT2D eigenvalue weighted by Crippen LogP contribution is 2.30. The molecule has 0 aliphatic carbocycles. The summed E-state index contributed by atoms with van der Waals surface area (Å²) in [5, 5.41) is 8.54. The molecule has 0 unspecified atom stereocenters. The van der Waals surface area contributed by atoms with Gasteiger partial charge in [0.2, 0.25) is 5.91 Å². The molecule has 1 amide bonds. The van der Waals surface area contributed by atoms with E-state index in [9.17, 15) is 4.79 Å². The maximum Gasteiger partial charge on any atom is 0.236 e. The summed E-state index contributed by atoms with van der Waals surface area (Å²) in [7, 11) is 1.67. The van der Waals surface area contributed by atoms with Crippen molar-refractivity contribution in [2.75, 3.05) is 20.2 Å². The second-order valence-electron chi connectivity index (χ2n) is 4.77. The lowest BCUT2D eigenvalue weighted by Gasteiger charge is -2.32. The van der Waals surface area contributed by atoms with E-state index >= 15 is 0 Å². The number of hydrogen-bond acceptors (Lipinski definition) is 3. The van der Waals surface area contributed by atoms with Crippen molar-refractivity contribution in [3.8, 4) is 11.8 Å². The molecule has 2 rings (SSSR count). The number of carbonyl (C=O) groups excluding carboxylic acids is 1. The molecular weight excluding hydrogens is 240 g/mol. The summed E-state index contributed by atoms with van der Waals surface area (Å²) >= 11 is 0. The van der Waals surface area contributed by atoms with Gasteiger partial charge in [-0.1, -0.05) is 12.1 Å². The summed E-state index contributed by atoms with van der Waals surface area (Å²) in [5.41, 5.74) is 1.27. The third-order valence-electron chi connectivity index (χ3n) is 3.64. The minimum Gasteiger partial charge on any atom is -0.497 e. The molecule has 0 radical (unpaired) electrons. The van der Waals surface area contributed by atoms with E-state index in [1.165, 1.54) is 5.56 Å². The lowest BCUT2D eigenvalue weighted by molar-refractivity contribution is -0.131. The second kappa shape index (κ2) is 6.24. The number of methoxy groups -OCH3 is 1. The number of nitriles is 1. The number of hydrogen-bond donors (Lipinski definition) is 0. The molecule has 0 spiro atoms. The van der Waals surface area contributed by atoms with Crippen LogP contribution in [0.3, 0.4) is 0 Å². The van der Waals surface area contributed by atoms with Gasteiger partial charge in [0.1, 0.15) is 12.2 Å². The molecule has 1 heterocycles. The van der Waals surface area contributed by atoms with Crippen LogP contribution >= 0.6 is 0 Å². The average Bonchev–Trinajstić information content (AvgIpc) is 2.48. The molecule has 4 heteroatoms. The molecule has 0 saturated carbocycles. The van der Waals surface area contributed by atoms with Crippen molar-refractivity contribution < 1.29 is 9.53 Å². The Bertz CT molecular complexity index is 485. The number of likely N-dealkylation sites (tertiary alicyclic amines) is 1. The smallest absolute Gasteiger partial charge is 0.236 e. The molecule has 19 heavy (non-hydrogen) atoms. The van der Waals surface area contributed by atoms with Crippen LogP contribution in [0.15, 0.2) is 24.3 Å². The van der Waals surface area contributed by atoms with E-state index in [1.54, 1.807) is 12.0 Å². The Morgan fingerprint density at radius 3 is 2.84 bits per heavy atom. The zero-order valence-electron chi connectivity index (χ0n) is 11.1. The molecule has 1 saturated heterocycles. The fourth-order valence-electron chi connectivity index (χ4n) is 2.54. The van der Waals surface area contributed by atoms with Gasteiger partial charge >= 0.3 is 0 Å². The lowest BCUT2D eigenvalue weighted by Crippen LogP contribution is -2.37. The van der Waals surface area contributed by atoms with E-state index in [1.807, 2.05) is 18.2 Å². The van der Waals surface area contributed by atoms with Crippen LogP contribution in [-0.2, 0) is 4.79 Å². The Morgan fingerprint density at radius 2 is 2.21 bits per heavy atom. The number of benzene rings is 1. The van der Waals surface area contributed by atoms with E-state index < -0.39 is 0 Å². The fraction of sp³-hybridized carbons (Fsp3) is 0.467. The molecule has 1 aliphatic rings. The molecule has 0 atom stereocenters. The monoisotopic (exact) mass is 258 g/mol. The first kappa shape index (κ1) is 13.4. The quantitative estimate of drug-likeness (QED) is 0.836. The SMILES string of the molecule is COc1cccc(C2CCN(C(=O)CC#N)CC2)c1. The molecule has 0 N–H and O–H groups in total. The molecule has 1 fully saturated rings. The Kier molecular flexibility index (Phi) is 4.40. The van der Waals surface area contributed by atoms with E-state index in [4.69, 9.17) is 10.00 Å². The Hall–Kier alpha value is -2.02. The largest absolute Gasteiger partial charge is 0.497 e. The van der Waals surface area contributed by atoms with Gasteiger partial charge in [-0.05, 0) is 36.5 Å². The summed E-state index contributed by atoms with van der Waals surface area (Å²) in [5.74, 6) is 1.30. The van der Waals surface area contributed by atoms with Gasteiger partial charge in [-0.25, -0.2) is 0 Å². The van der Waals surface area contributed by atoms with Gasteiger partial charge in [-0.3, -0.25) is 4.79 Å². The molecule has 1 aliphatic heterocycles. The topological polar surface area (TPSA) is 53.3 Å². The van der Waals surface area contributed by atoms with Crippen molar-refractivity contribution in [3.05, 3.63) is 29.8 Å². The first-order valence-electron chi connectivity index (χ1n) is 6.53. The minimum atomic E-state index is -0.0495. The molecule has 1 aromatic rings. The van der Waals surface area contributed by atoms with Crippen LogP contribution in [0.2, 0.25) is 0 Å². The van der Waals surface area contributed by atoms with Gasteiger partial charge < -0.3 is 9.64 Å². The van der Waals surface area contributed by atoms with Gasteiger partial charge in [0.25, 0.3) is 0 Å². The van der Waals surface area contributed by atoms with Crippen molar-refractivity contribution in [3.63, 3.8) is 0 Å². The normalized spacial score (nSPS) is 15.9. The minimum absolute atomic E-state index is 0.0101. The third kappa shape index (κ3) is 3.25.